The maximum Gasteiger partial charge on any atom is 0.220 e. The van der Waals surface area contributed by atoms with Crippen LogP contribution in [0.1, 0.15) is 17.5 Å². The molecular formula is C19H17Cl2N3O. The Balaban J connectivity index is 1.48. The van der Waals surface area contributed by atoms with E-state index in [-0.39, 0.29) is 5.91 Å². The zero-order valence-electron chi connectivity index (χ0n) is 13.5. The Morgan fingerprint density at radius 2 is 1.80 bits per heavy atom. The lowest BCUT2D eigenvalue weighted by atomic mass is 10.1. The van der Waals surface area contributed by atoms with Gasteiger partial charge in [-0.1, -0.05) is 41.4 Å². The molecule has 0 aliphatic rings. The number of benzene rings is 2. The molecule has 1 N–H and O–H groups in total. The fourth-order valence-corrected chi connectivity index (χ4v) is 2.76. The van der Waals surface area contributed by atoms with Crippen molar-refractivity contribution in [1.82, 2.24) is 14.9 Å². The van der Waals surface area contributed by atoms with Crippen LogP contribution in [-0.4, -0.2) is 15.5 Å². The largest absolute Gasteiger partial charge is 0.352 e. The van der Waals surface area contributed by atoms with Crippen molar-refractivity contribution in [2.24, 2.45) is 0 Å². The Kier molecular flexibility index (Phi) is 5.74. The van der Waals surface area contributed by atoms with Crippen LogP contribution in [0, 0.1) is 0 Å². The molecule has 2 aromatic carbocycles. The average Bonchev–Trinajstić information content (AvgIpc) is 3.16. The molecule has 128 valence electrons. The van der Waals surface area contributed by atoms with Gasteiger partial charge in [-0.3, -0.25) is 4.79 Å². The highest BCUT2D eigenvalue weighted by molar-refractivity contribution is 6.42. The van der Waals surface area contributed by atoms with Gasteiger partial charge in [-0.25, -0.2) is 4.98 Å². The zero-order valence-corrected chi connectivity index (χ0v) is 15.0. The predicted octanol–water partition coefficient (Wildman–Crippen LogP) is 4.43. The molecule has 0 radical (unpaired) electrons. The van der Waals surface area contributed by atoms with Crippen LogP contribution in [0.5, 0.6) is 0 Å². The summed E-state index contributed by atoms with van der Waals surface area (Å²) in [6, 6.07) is 13.4. The van der Waals surface area contributed by atoms with E-state index in [0.29, 0.717) is 29.4 Å². The summed E-state index contributed by atoms with van der Waals surface area (Å²) in [6.45, 7) is 0.504. The molecule has 0 bridgehead atoms. The number of nitrogens with zero attached hydrogens (tertiary/aromatic N) is 2. The first-order valence-electron chi connectivity index (χ1n) is 7.90. The first-order valence-corrected chi connectivity index (χ1v) is 8.65. The van der Waals surface area contributed by atoms with Crippen LogP contribution < -0.4 is 5.32 Å². The summed E-state index contributed by atoms with van der Waals surface area (Å²) < 4.78 is 1.93. The standard InChI is InChI=1S/C19H17Cl2N3O/c20-17-7-3-14(11-18(17)21)4-8-19(25)23-12-15-1-5-16(6-2-15)24-10-9-22-13-24/h1-3,5-7,9-11,13H,4,8,12H2,(H,23,25). The van der Waals surface area contributed by atoms with E-state index in [4.69, 9.17) is 23.2 Å². The minimum absolute atomic E-state index is 0.00441. The molecule has 1 aromatic heterocycles. The highest BCUT2D eigenvalue weighted by Crippen LogP contribution is 2.23. The number of nitrogens with one attached hydrogen (secondary N) is 1. The lowest BCUT2D eigenvalue weighted by Gasteiger charge is -2.08. The number of hydrogen-bond donors (Lipinski definition) is 1. The van der Waals surface area contributed by atoms with Crippen LogP contribution in [0.15, 0.2) is 61.2 Å². The smallest absolute Gasteiger partial charge is 0.220 e. The predicted molar refractivity (Wildman–Crippen MR) is 100 cm³/mol. The molecule has 0 fully saturated rings. The van der Waals surface area contributed by atoms with Gasteiger partial charge in [-0.15, -0.1) is 0 Å². The number of halogens is 2. The summed E-state index contributed by atoms with van der Waals surface area (Å²) in [7, 11) is 0. The van der Waals surface area contributed by atoms with Crippen LogP contribution in [0.4, 0.5) is 0 Å². The van der Waals surface area contributed by atoms with Crippen molar-refractivity contribution in [2.75, 3.05) is 0 Å². The quantitative estimate of drug-likeness (QED) is 0.694. The van der Waals surface area contributed by atoms with Gasteiger partial charge in [-0.05, 0) is 41.8 Å². The van der Waals surface area contributed by atoms with Gasteiger partial charge in [0.1, 0.15) is 0 Å². The van der Waals surface area contributed by atoms with Gasteiger partial charge >= 0.3 is 0 Å². The fraction of sp³-hybridized carbons (Fsp3) is 0.158. The third kappa shape index (κ3) is 4.84. The molecule has 0 aliphatic heterocycles. The van der Waals surface area contributed by atoms with E-state index in [2.05, 4.69) is 10.3 Å². The van der Waals surface area contributed by atoms with E-state index in [1.54, 1.807) is 24.7 Å². The van der Waals surface area contributed by atoms with Crippen LogP contribution in [0.3, 0.4) is 0 Å². The molecule has 3 aromatic rings. The van der Waals surface area contributed by atoms with Crippen molar-refractivity contribution >= 4 is 29.1 Å². The van der Waals surface area contributed by atoms with E-state index < -0.39 is 0 Å². The number of carbonyl (C=O) groups is 1. The third-order valence-corrected chi connectivity index (χ3v) is 4.59. The molecular weight excluding hydrogens is 357 g/mol. The summed E-state index contributed by atoms with van der Waals surface area (Å²) in [6.07, 6.45) is 6.41. The maximum atomic E-state index is 12.0. The van der Waals surface area contributed by atoms with Crippen molar-refractivity contribution in [3.8, 4) is 5.69 Å². The minimum Gasteiger partial charge on any atom is -0.352 e. The van der Waals surface area contributed by atoms with E-state index in [1.165, 1.54) is 0 Å². The Morgan fingerprint density at radius 1 is 1.04 bits per heavy atom. The second-order valence-electron chi connectivity index (χ2n) is 5.66. The topological polar surface area (TPSA) is 46.9 Å². The monoisotopic (exact) mass is 373 g/mol. The highest BCUT2D eigenvalue weighted by atomic mass is 35.5. The van der Waals surface area contributed by atoms with E-state index in [9.17, 15) is 4.79 Å². The Bertz CT molecular complexity index is 846. The van der Waals surface area contributed by atoms with E-state index in [0.717, 1.165) is 16.8 Å². The number of aromatic nitrogens is 2. The lowest BCUT2D eigenvalue weighted by molar-refractivity contribution is -0.121. The van der Waals surface area contributed by atoms with Crippen LogP contribution in [0.2, 0.25) is 10.0 Å². The summed E-state index contributed by atoms with van der Waals surface area (Å²) in [5.41, 5.74) is 3.08. The van der Waals surface area contributed by atoms with Crippen LogP contribution in [0.25, 0.3) is 5.69 Å². The first-order chi connectivity index (χ1) is 12.1. The van der Waals surface area contributed by atoms with Gasteiger partial charge < -0.3 is 9.88 Å². The molecule has 25 heavy (non-hydrogen) atoms. The maximum absolute atomic E-state index is 12.0. The summed E-state index contributed by atoms with van der Waals surface area (Å²) in [5.74, 6) is 0.00441. The molecule has 0 atom stereocenters. The Morgan fingerprint density at radius 3 is 2.48 bits per heavy atom. The summed E-state index contributed by atoms with van der Waals surface area (Å²) >= 11 is 11.9. The van der Waals surface area contributed by atoms with Crippen molar-refractivity contribution in [1.29, 1.82) is 0 Å². The number of hydrogen-bond acceptors (Lipinski definition) is 2. The third-order valence-electron chi connectivity index (χ3n) is 3.85. The lowest BCUT2D eigenvalue weighted by Crippen LogP contribution is -2.23. The van der Waals surface area contributed by atoms with Crippen molar-refractivity contribution < 1.29 is 4.79 Å². The minimum atomic E-state index is 0.00441. The highest BCUT2D eigenvalue weighted by Gasteiger charge is 2.05. The van der Waals surface area contributed by atoms with E-state index in [1.807, 2.05) is 41.1 Å². The van der Waals surface area contributed by atoms with Crippen LogP contribution in [-0.2, 0) is 17.8 Å². The molecule has 1 heterocycles. The number of rotatable bonds is 6. The normalized spacial score (nSPS) is 10.6. The fourth-order valence-electron chi connectivity index (χ4n) is 2.44. The Hall–Kier alpha value is -2.30. The summed E-state index contributed by atoms with van der Waals surface area (Å²) in [4.78, 5) is 16.0. The summed E-state index contributed by atoms with van der Waals surface area (Å²) in [5, 5.41) is 3.97. The van der Waals surface area contributed by atoms with Crippen molar-refractivity contribution in [3.63, 3.8) is 0 Å². The molecule has 0 unspecified atom stereocenters. The van der Waals surface area contributed by atoms with Crippen molar-refractivity contribution in [2.45, 2.75) is 19.4 Å². The van der Waals surface area contributed by atoms with Crippen molar-refractivity contribution in [3.05, 3.63) is 82.4 Å². The number of carbonyl (C=O) groups excluding carboxylic acids is 1. The van der Waals surface area contributed by atoms with Crippen LogP contribution >= 0.6 is 23.2 Å². The second-order valence-corrected chi connectivity index (χ2v) is 6.48. The average molecular weight is 374 g/mol. The van der Waals surface area contributed by atoms with Gasteiger partial charge in [0.15, 0.2) is 0 Å². The molecule has 0 saturated heterocycles. The molecule has 0 aliphatic carbocycles. The SMILES string of the molecule is O=C(CCc1ccc(Cl)c(Cl)c1)NCc1ccc(-n2ccnc2)cc1. The van der Waals surface area contributed by atoms with Gasteiger partial charge in [0.05, 0.1) is 16.4 Å². The number of imidazole rings is 1. The number of amides is 1. The zero-order chi connectivity index (χ0) is 17.6. The van der Waals surface area contributed by atoms with E-state index >= 15 is 0 Å². The second kappa shape index (κ2) is 8.19. The molecule has 3 rings (SSSR count). The molecule has 0 spiro atoms. The Labute approximate surface area is 156 Å². The van der Waals surface area contributed by atoms with Gasteiger partial charge in [-0.2, -0.15) is 0 Å². The van der Waals surface area contributed by atoms with Gasteiger partial charge in [0, 0.05) is 31.0 Å². The van der Waals surface area contributed by atoms with Gasteiger partial charge in [0.2, 0.25) is 5.91 Å². The number of aryl methyl sites for hydroxylation is 1. The molecule has 4 nitrogen and oxygen atoms in total. The molecule has 6 heteroatoms. The molecule has 0 saturated carbocycles. The van der Waals surface area contributed by atoms with Gasteiger partial charge in [0.25, 0.3) is 0 Å². The first kappa shape index (κ1) is 17.5. The molecule has 1 amide bonds.